The fraction of sp³-hybridized carbons (Fsp3) is 0.300. The second-order valence-corrected chi connectivity index (χ2v) is 6.52. The van der Waals surface area contributed by atoms with Gasteiger partial charge in [0.1, 0.15) is 35.6 Å². The van der Waals surface area contributed by atoms with Gasteiger partial charge in [0.2, 0.25) is 6.29 Å². The molecule has 30 heavy (non-hydrogen) atoms. The van der Waals surface area contributed by atoms with E-state index in [-0.39, 0.29) is 11.3 Å². The third-order valence-electron chi connectivity index (χ3n) is 4.48. The van der Waals surface area contributed by atoms with Crippen molar-refractivity contribution in [2.45, 2.75) is 37.3 Å². The van der Waals surface area contributed by atoms with E-state index in [0.29, 0.717) is 17.1 Å². The van der Waals surface area contributed by atoms with Crippen molar-refractivity contribution >= 4 is 5.97 Å². The van der Waals surface area contributed by atoms with E-state index in [4.69, 9.17) is 24.6 Å². The zero-order valence-electron chi connectivity index (χ0n) is 15.5. The highest BCUT2D eigenvalue weighted by Crippen LogP contribution is 2.31. The van der Waals surface area contributed by atoms with Crippen molar-refractivity contribution in [2.75, 3.05) is 0 Å². The first kappa shape index (κ1) is 21.5. The number of rotatable bonds is 6. The molecule has 1 aliphatic heterocycles. The predicted molar refractivity (Wildman–Crippen MR) is 98.5 cm³/mol. The average Bonchev–Trinajstić information content (AvgIpc) is 2.75. The minimum absolute atomic E-state index is 0.0569. The van der Waals surface area contributed by atoms with Gasteiger partial charge >= 0.3 is 5.97 Å². The average molecular weight is 417 g/mol. The van der Waals surface area contributed by atoms with Crippen LogP contribution >= 0.6 is 0 Å². The SMILES string of the molecule is N#Cc1ccc(Oc2ccc(OC3O[C@H](C(=O)O)[C@@H](O)[C@H](O)[C@H]3O)c(CO)c2)cc1. The van der Waals surface area contributed by atoms with Gasteiger partial charge in [0.25, 0.3) is 0 Å². The Morgan fingerprint density at radius 2 is 1.70 bits per heavy atom. The molecule has 5 N–H and O–H groups in total. The van der Waals surface area contributed by atoms with E-state index in [9.17, 15) is 25.2 Å². The van der Waals surface area contributed by atoms with Crippen LogP contribution in [0.25, 0.3) is 0 Å². The fourth-order valence-electron chi connectivity index (χ4n) is 2.87. The highest BCUT2D eigenvalue weighted by atomic mass is 16.7. The fourth-order valence-corrected chi connectivity index (χ4v) is 2.87. The van der Waals surface area contributed by atoms with Crippen molar-refractivity contribution in [3.63, 3.8) is 0 Å². The number of carboxylic acids is 1. The lowest BCUT2D eigenvalue weighted by molar-refractivity contribution is -0.271. The van der Waals surface area contributed by atoms with Crippen molar-refractivity contribution < 1.29 is 44.5 Å². The summed E-state index contributed by atoms with van der Waals surface area (Å²) >= 11 is 0. The number of hydrogen-bond acceptors (Lipinski definition) is 9. The molecule has 1 saturated heterocycles. The molecule has 10 nitrogen and oxygen atoms in total. The standard InChI is InChI=1S/C20H19NO9/c21-8-10-1-3-12(4-2-10)28-13-5-6-14(11(7-13)9-22)29-20-17(25)15(23)16(24)18(30-20)19(26)27/h1-7,15-18,20,22-25H,9H2,(H,26,27)/t15-,16-,17+,18-,20?/m0/s1. The van der Waals surface area contributed by atoms with Crippen LogP contribution in [0.1, 0.15) is 11.1 Å². The van der Waals surface area contributed by atoms with Gasteiger partial charge in [-0.15, -0.1) is 0 Å². The van der Waals surface area contributed by atoms with Crippen molar-refractivity contribution in [1.29, 1.82) is 5.26 Å². The number of nitriles is 1. The Labute approximate surface area is 170 Å². The molecule has 0 aliphatic carbocycles. The molecule has 3 rings (SSSR count). The third-order valence-corrected chi connectivity index (χ3v) is 4.48. The first-order valence-corrected chi connectivity index (χ1v) is 8.85. The van der Waals surface area contributed by atoms with Crippen LogP contribution in [0.15, 0.2) is 42.5 Å². The van der Waals surface area contributed by atoms with E-state index in [0.717, 1.165) is 0 Å². The highest BCUT2D eigenvalue weighted by molar-refractivity contribution is 5.73. The lowest BCUT2D eigenvalue weighted by Gasteiger charge is -2.38. The van der Waals surface area contributed by atoms with Gasteiger partial charge in [-0.25, -0.2) is 4.79 Å². The maximum atomic E-state index is 11.2. The Bertz CT molecular complexity index is 940. The first-order valence-electron chi connectivity index (χ1n) is 8.85. The van der Waals surface area contributed by atoms with E-state index in [2.05, 4.69) is 0 Å². The minimum atomic E-state index is -1.84. The quantitative estimate of drug-likeness (QED) is 0.435. The van der Waals surface area contributed by atoms with E-state index in [1.807, 2.05) is 6.07 Å². The number of aliphatic carboxylic acids is 1. The maximum Gasteiger partial charge on any atom is 0.335 e. The number of carbonyl (C=O) groups is 1. The minimum Gasteiger partial charge on any atom is -0.479 e. The van der Waals surface area contributed by atoms with Crippen LogP contribution in [-0.4, -0.2) is 62.2 Å². The molecule has 0 saturated carbocycles. The zero-order valence-corrected chi connectivity index (χ0v) is 15.5. The van der Waals surface area contributed by atoms with Gasteiger partial charge in [-0.2, -0.15) is 5.26 Å². The highest BCUT2D eigenvalue weighted by Gasteiger charge is 2.48. The molecule has 1 heterocycles. The molecule has 2 aromatic carbocycles. The lowest BCUT2D eigenvalue weighted by atomic mass is 9.99. The summed E-state index contributed by atoms with van der Waals surface area (Å²) in [6.07, 6.45) is -8.76. The summed E-state index contributed by atoms with van der Waals surface area (Å²) < 4.78 is 16.2. The van der Waals surface area contributed by atoms with E-state index >= 15 is 0 Å². The molecule has 0 amide bonds. The molecule has 0 aromatic heterocycles. The van der Waals surface area contributed by atoms with E-state index < -0.39 is 43.3 Å². The molecule has 0 radical (unpaired) electrons. The van der Waals surface area contributed by atoms with Crippen LogP contribution in [0.2, 0.25) is 0 Å². The van der Waals surface area contributed by atoms with Gasteiger partial charge in [-0.1, -0.05) is 0 Å². The van der Waals surface area contributed by atoms with Crippen LogP contribution in [0, 0.1) is 11.3 Å². The second-order valence-electron chi connectivity index (χ2n) is 6.52. The van der Waals surface area contributed by atoms with Crippen LogP contribution in [0.4, 0.5) is 0 Å². The molecule has 5 atom stereocenters. The summed E-state index contributed by atoms with van der Waals surface area (Å²) in [5.74, 6) is -0.670. The van der Waals surface area contributed by atoms with Gasteiger partial charge in [0.05, 0.1) is 18.2 Å². The molecule has 2 aromatic rings. The number of hydrogen-bond donors (Lipinski definition) is 5. The zero-order chi connectivity index (χ0) is 21.8. The van der Waals surface area contributed by atoms with Gasteiger partial charge in [-0.3, -0.25) is 0 Å². The number of ether oxygens (including phenoxy) is 3. The summed E-state index contributed by atoms with van der Waals surface area (Å²) in [5, 5.41) is 57.2. The van der Waals surface area contributed by atoms with Crippen molar-refractivity contribution in [3.8, 4) is 23.3 Å². The number of nitrogens with zero attached hydrogens (tertiary/aromatic N) is 1. The molecule has 158 valence electrons. The van der Waals surface area contributed by atoms with Crippen LogP contribution in [0.3, 0.4) is 0 Å². The molecular weight excluding hydrogens is 398 g/mol. The van der Waals surface area contributed by atoms with Crippen LogP contribution in [-0.2, 0) is 16.1 Å². The normalized spacial score (nSPS) is 25.9. The molecule has 1 unspecified atom stereocenters. The summed E-state index contributed by atoms with van der Waals surface area (Å²) in [5.41, 5.74) is 0.713. The predicted octanol–water partition coefficient (Wildman–Crippen LogP) is 0.114. The van der Waals surface area contributed by atoms with Gasteiger partial charge in [-0.05, 0) is 42.5 Å². The Kier molecular flexibility index (Phi) is 6.51. The molecule has 0 bridgehead atoms. The van der Waals surface area contributed by atoms with Crippen LogP contribution < -0.4 is 9.47 Å². The van der Waals surface area contributed by atoms with E-state index in [1.165, 1.54) is 18.2 Å². The number of aliphatic hydroxyl groups excluding tert-OH is 4. The van der Waals surface area contributed by atoms with Gasteiger partial charge in [0.15, 0.2) is 6.10 Å². The Morgan fingerprint density at radius 3 is 2.30 bits per heavy atom. The number of carboxylic acid groups (broad SMARTS) is 1. The van der Waals surface area contributed by atoms with Crippen LogP contribution in [0.5, 0.6) is 17.2 Å². The van der Waals surface area contributed by atoms with Gasteiger partial charge < -0.3 is 39.7 Å². The Hall–Kier alpha value is -3.20. The number of benzene rings is 2. The first-order chi connectivity index (χ1) is 14.3. The largest absolute Gasteiger partial charge is 0.479 e. The smallest absolute Gasteiger partial charge is 0.335 e. The summed E-state index contributed by atoms with van der Waals surface area (Å²) in [6.45, 7) is -0.476. The second kappa shape index (κ2) is 9.08. The number of aliphatic hydroxyl groups is 4. The summed E-state index contributed by atoms with van der Waals surface area (Å²) in [6, 6.07) is 12.7. The Balaban J connectivity index is 1.77. The van der Waals surface area contributed by atoms with Gasteiger partial charge in [0, 0.05) is 5.56 Å². The van der Waals surface area contributed by atoms with Crippen molar-refractivity contribution in [1.82, 2.24) is 0 Å². The van der Waals surface area contributed by atoms with Crippen molar-refractivity contribution in [2.24, 2.45) is 0 Å². The molecule has 0 spiro atoms. The summed E-state index contributed by atoms with van der Waals surface area (Å²) in [4.78, 5) is 11.2. The molecule has 10 heteroatoms. The third kappa shape index (κ3) is 4.51. The molecule has 1 aliphatic rings. The molecular formula is C20H19NO9. The maximum absolute atomic E-state index is 11.2. The molecule has 1 fully saturated rings. The van der Waals surface area contributed by atoms with Crippen molar-refractivity contribution in [3.05, 3.63) is 53.6 Å². The topological polar surface area (TPSA) is 170 Å². The summed E-state index contributed by atoms with van der Waals surface area (Å²) in [7, 11) is 0. The monoisotopic (exact) mass is 417 g/mol. The van der Waals surface area contributed by atoms with E-state index in [1.54, 1.807) is 24.3 Å². The lowest BCUT2D eigenvalue weighted by Crippen LogP contribution is -2.61. The Morgan fingerprint density at radius 1 is 1.03 bits per heavy atom.